The molecule has 2 aliphatic rings. The number of carbonyl (C=O) groups is 1. The van der Waals surface area contributed by atoms with Crippen LogP contribution in [0, 0.1) is 0 Å². The van der Waals surface area contributed by atoms with E-state index in [4.69, 9.17) is 16.3 Å². The molecule has 0 fully saturated rings. The van der Waals surface area contributed by atoms with Crippen molar-refractivity contribution in [1.29, 1.82) is 0 Å². The standard InChI is InChI=1S/C25H19ClO2/c1-15(27)23-16(2)28-25(24(23)17-11-13-18(26)14-12-17)21-9-5-3-7-19(21)20-8-4-6-10-22(20)25/h3-14,24H,1-2H3. The molecule has 1 aliphatic heterocycles. The van der Waals surface area contributed by atoms with Gasteiger partial charge in [0.1, 0.15) is 5.76 Å². The molecule has 3 heteroatoms. The molecule has 1 aliphatic carbocycles. The molecule has 0 amide bonds. The lowest BCUT2D eigenvalue weighted by molar-refractivity contribution is -0.113. The van der Waals surface area contributed by atoms with Gasteiger partial charge in [0.15, 0.2) is 11.4 Å². The van der Waals surface area contributed by atoms with Gasteiger partial charge in [-0.2, -0.15) is 0 Å². The first-order valence-electron chi connectivity index (χ1n) is 9.39. The van der Waals surface area contributed by atoms with Crippen LogP contribution in [0.5, 0.6) is 0 Å². The molecule has 3 aromatic carbocycles. The van der Waals surface area contributed by atoms with Gasteiger partial charge in [-0.25, -0.2) is 0 Å². The summed E-state index contributed by atoms with van der Waals surface area (Å²) < 4.78 is 6.66. The van der Waals surface area contributed by atoms with E-state index in [9.17, 15) is 4.79 Å². The molecule has 5 rings (SSSR count). The van der Waals surface area contributed by atoms with Crippen LogP contribution in [-0.2, 0) is 15.1 Å². The van der Waals surface area contributed by atoms with Crippen molar-refractivity contribution in [2.24, 2.45) is 0 Å². The largest absolute Gasteiger partial charge is 0.481 e. The van der Waals surface area contributed by atoms with Crippen molar-refractivity contribution < 1.29 is 9.53 Å². The lowest BCUT2D eigenvalue weighted by Crippen LogP contribution is -2.33. The fraction of sp³-hybridized carbons (Fsp3) is 0.160. The van der Waals surface area contributed by atoms with E-state index in [-0.39, 0.29) is 11.7 Å². The van der Waals surface area contributed by atoms with Crippen LogP contribution < -0.4 is 0 Å². The second kappa shape index (κ2) is 6.08. The van der Waals surface area contributed by atoms with Crippen LogP contribution in [0.25, 0.3) is 11.1 Å². The Morgan fingerprint density at radius 1 is 0.893 bits per heavy atom. The van der Waals surface area contributed by atoms with Gasteiger partial charge in [-0.05, 0) is 42.7 Å². The van der Waals surface area contributed by atoms with E-state index < -0.39 is 5.60 Å². The summed E-state index contributed by atoms with van der Waals surface area (Å²) in [6.07, 6.45) is 0. The van der Waals surface area contributed by atoms with Gasteiger partial charge in [0.05, 0.1) is 5.92 Å². The third-order valence-electron chi connectivity index (χ3n) is 5.92. The number of carbonyl (C=O) groups excluding carboxylic acids is 1. The van der Waals surface area contributed by atoms with Gasteiger partial charge in [0.2, 0.25) is 0 Å². The van der Waals surface area contributed by atoms with Gasteiger partial charge in [-0.1, -0.05) is 72.3 Å². The Labute approximate surface area is 169 Å². The van der Waals surface area contributed by atoms with Crippen LogP contribution >= 0.6 is 11.6 Å². The summed E-state index contributed by atoms with van der Waals surface area (Å²) in [5.74, 6) is 0.502. The second-order valence-electron chi connectivity index (χ2n) is 7.44. The summed E-state index contributed by atoms with van der Waals surface area (Å²) >= 11 is 6.15. The summed E-state index contributed by atoms with van der Waals surface area (Å²) in [5, 5.41) is 0.675. The molecule has 0 bridgehead atoms. The molecular weight excluding hydrogens is 368 g/mol. The zero-order chi connectivity index (χ0) is 19.5. The molecule has 0 saturated carbocycles. The number of halogens is 1. The van der Waals surface area contributed by atoms with E-state index in [1.165, 1.54) is 0 Å². The third kappa shape index (κ3) is 2.18. The van der Waals surface area contributed by atoms with Crippen molar-refractivity contribution in [2.45, 2.75) is 25.4 Å². The van der Waals surface area contributed by atoms with Gasteiger partial charge >= 0.3 is 0 Å². The van der Waals surface area contributed by atoms with Crippen LogP contribution in [0.3, 0.4) is 0 Å². The Morgan fingerprint density at radius 3 is 1.96 bits per heavy atom. The summed E-state index contributed by atoms with van der Waals surface area (Å²) in [6, 6.07) is 24.4. The second-order valence-corrected chi connectivity index (χ2v) is 7.88. The summed E-state index contributed by atoms with van der Waals surface area (Å²) in [5.41, 5.74) is 5.54. The first-order chi connectivity index (χ1) is 13.5. The highest BCUT2D eigenvalue weighted by Crippen LogP contribution is 2.62. The monoisotopic (exact) mass is 386 g/mol. The maximum atomic E-state index is 12.7. The number of hydrogen-bond donors (Lipinski definition) is 0. The molecule has 0 radical (unpaired) electrons. The van der Waals surface area contributed by atoms with Crippen LogP contribution in [-0.4, -0.2) is 5.78 Å². The summed E-state index contributed by atoms with van der Waals surface area (Å²) in [7, 11) is 0. The molecule has 0 aromatic heterocycles. The number of Topliss-reactive ketones (excluding diaryl/α,β-unsaturated/α-hetero) is 1. The maximum absolute atomic E-state index is 12.7. The molecule has 1 atom stereocenters. The molecule has 1 spiro atoms. The SMILES string of the molecule is CC(=O)C1=C(C)OC2(c3ccccc3-c3ccccc32)C1c1ccc(Cl)cc1. The first-order valence-corrected chi connectivity index (χ1v) is 9.77. The van der Waals surface area contributed by atoms with Gasteiger partial charge in [-0.15, -0.1) is 0 Å². The van der Waals surface area contributed by atoms with E-state index in [0.29, 0.717) is 10.8 Å². The minimum Gasteiger partial charge on any atom is -0.481 e. The van der Waals surface area contributed by atoms with Crippen molar-refractivity contribution in [3.63, 3.8) is 0 Å². The molecule has 28 heavy (non-hydrogen) atoms. The minimum atomic E-state index is -0.744. The zero-order valence-electron chi connectivity index (χ0n) is 15.7. The first kappa shape index (κ1) is 17.3. The average Bonchev–Trinajstić information content (AvgIpc) is 3.16. The number of ether oxygens (including phenoxy) is 1. The summed E-state index contributed by atoms with van der Waals surface area (Å²) in [4.78, 5) is 12.7. The Bertz CT molecular complexity index is 1100. The van der Waals surface area contributed by atoms with Gasteiger partial charge < -0.3 is 4.74 Å². The van der Waals surface area contributed by atoms with Crippen molar-refractivity contribution in [2.75, 3.05) is 0 Å². The maximum Gasteiger partial charge on any atom is 0.171 e. The van der Waals surface area contributed by atoms with Crippen LogP contribution in [0.1, 0.15) is 36.5 Å². The van der Waals surface area contributed by atoms with Gasteiger partial charge in [0, 0.05) is 21.7 Å². The number of allylic oxidation sites excluding steroid dienone is 1. The quantitative estimate of drug-likeness (QED) is 0.521. The number of benzene rings is 3. The molecular formula is C25H19ClO2. The Hall–Kier alpha value is -2.84. The lowest BCUT2D eigenvalue weighted by atomic mass is 9.72. The number of rotatable bonds is 2. The molecule has 0 saturated heterocycles. The zero-order valence-corrected chi connectivity index (χ0v) is 16.5. The molecule has 3 aromatic rings. The third-order valence-corrected chi connectivity index (χ3v) is 6.17. The molecule has 2 nitrogen and oxygen atoms in total. The highest BCUT2D eigenvalue weighted by Gasteiger charge is 2.57. The molecule has 1 heterocycles. The number of hydrogen-bond acceptors (Lipinski definition) is 2. The molecule has 0 N–H and O–H groups in total. The smallest absolute Gasteiger partial charge is 0.171 e. The topological polar surface area (TPSA) is 26.3 Å². The predicted octanol–water partition coefficient (Wildman–Crippen LogP) is 6.24. The minimum absolute atomic E-state index is 0.0381. The lowest BCUT2D eigenvalue weighted by Gasteiger charge is -2.34. The van der Waals surface area contributed by atoms with E-state index in [1.54, 1.807) is 6.92 Å². The Balaban J connectivity index is 1.86. The van der Waals surface area contributed by atoms with Crippen molar-refractivity contribution in [1.82, 2.24) is 0 Å². The van der Waals surface area contributed by atoms with Crippen molar-refractivity contribution in [3.8, 4) is 11.1 Å². The fourth-order valence-electron chi connectivity index (χ4n) is 4.92. The van der Waals surface area contributed by atoms with Crippen molar-refractivity contribution >= 4 is 17.4 Å². The average molecular weight is 387 g/mol. The van der Waals surface area contributed by atoms with Gasteiger partial charge in [-0.3, -0.25) is 4.79 Å². The molecule has 1 unspecified atom stereocenters. The van der Waals surface area contributed by atoms with E-state index in [2.05, 4.69) is 24.3 Å². The fourth-order valence-corrected chi connectivity index (χ4v) is 5.05. The molecule has 138 valence electrons. The highest BCUT2D eigenvalue weighted by atomic mass is 35.5. The highest BCUT2D eigenvalue weighted by molar-refractivity contribution is 6.30. The summed E-state index contributed by atoms with van der Waals surface area (Å²) in [6.45, 7) is 3.52. The Morgan fingerprint density at radius 2 is 1.43 bits per heavy atom. The van der Waals surface area contributed by atoms with E-state index in [1.807, 2.05) is 55.5 Å². The van der Waals surface area contributed by atoms with E-state index in [0.717, 1.165) is 33.4 Å². The van der Waals surface area contributed by atoms with Crippen LogP contribution in [0.4, 0.5) is 0 Å². The van der Waals surface area contributed by atoms with Gasteiger partial charge in [0.25, 0.3) is 0 Å². The Kier molecular flexibility index (Phi) is 3.75. The predicted molar refractivity (Wildman–Crippen MR) is 111 cm³/mol. The number of ketones is 1. The van der Waals surface area contributed by atoms with Crippen LogP contribution in [0.15, 0.2) is 84.1 Å². The van der Waals surface area contributed by atoms with Crippen LogP contribution in [0.2, 0.25) is 5.02 Å². The van der Waals surface area contributed by atoms with Crippen molar-refractivity contribution in [3.05, 3.63) is 106 Å². The van der Waals surface area contributed by atoms with E-state index >= 15 is 0 Å². The normalized spacial score (nSPS) is 18.8. The number of fused-ring (bicyclic) bond motifs is 5.